The molecule has 100 valence electrons. The Hall–Kier alpha value is -2.87. The van der Waals surface area contributed by atoms with Crippen LogP contribution in [0.3, 0.4) is 0 Å². The van der Waals surface area contributed by atoms with Crippen molar-refractivity contribution in [3.63, 3.8) is 0 Å². The summed E-state index contributed by atoms with van der Waals surface area (Å²) in [7, 11) is 0. The summed E-state index contributed by atoms with van der Waals surface area (Å²) in [5.41, 5.74) is 1.89. The van der Waals surface area contributed by atoms with Gasteiger partial charge in [-0.25, -0.2) is 4.79 Å². The van der Waals surface area contributed by atoms with E-state index in [9.17, 15) is 9.59 Å². The maximum Gasteiger partial charge on any atom is 0.335 e. The van der Waals surface area contributed by atoms with Gasteiger partial charge in [0.05, 0.1) is 5.56 Å². The average molecular weight is 268 g/mol. The summed E-state index contributed by atoms with van der Waals surface area (Å²) in [6.07, 6.45) is 0. The summed E-state index contributed by atoms with van der Waals surface area (Å²) in [5.74, 6) is -1.04. The number of hydrogen-bond acceptors (Lipinski definition) is 3. The third kappa shape index (κ3) is 2.31. The lowest BCUT2D eigenvalue weighted by Crippen LogP contribution is -2.13. The van der Waals surface area contributed by atoms with Gasteiger partial charge in [0, 0.05) is 11.3 Å². The molecule has 0 atom stereocenters. The van der Waals surface area contributed by atoms with Crippen molar-refractivity contribution in [2.75, 3.05) is 0 Å². The van der Waals surface area contributed by atoms with Gasteiger partial charge in [0.1, 0.15) is 11.6 Å². The highest BCUT2D eigenvalue weighted by Crippen LogP contribution is 2.24. The van der Waals surface area contributed by atoms with Crippen molar-refractivity contribution in [3.8, 4) is 17.2 Å². The number of carboxylic acids is 1. The Morgan fingerprint density at radius 1 is 1.30 bits per heavy atom. The first-order valence-electron chi connectivity index (χ1n) is 5.92. The molecule has 0 unspecified atom stereocenters. The molecule has 0 fully saturated rings. The van der Waals surface area contributed by atoms with E-state index in [0.29, 0.717) is 22.4 Å². The van der Waals surface area contributed by atoms with Crippen molar-refractivity contribution >= 4 is 5.97 Å². The Kier molecular flexibility index (Phi) is 3.40. The fraction of sp³-hybridized carbons (Fsp3) is 0.133. The highest BCUT2D eigenvalue weighted by molar-refractivity contribution is 5.91. The lowest BCUT2D eigenvalue weighted by Gasteiger charge is -2.08. The van der Waals surface area contributed by atoms with Gasteiger partial charge in [-0.3, -0.25) is 4.79 Å². The van der Waals surface area contributed by atoms with Crippen molar-refractivity contribution in [1.82, 2.24) is 4.98 Å². The smallest absolute Gasteiger partial charge is 0.335 e. The van der Waals surface area contributed by atoms with Gasteiger partial charge in [-0.05, 0) is 37.1 Å². The van der Waals surface area contributed by atoms with E-state index in [1.807, 2.05) is 6.07 Å². The van der Waals surface area contributed by atoms with Crippen LogP contribution in [-0.4, -0.2) is 16.1 Å². The molecule has 20 heavy (non-hydrogen) atoms. The van der Waals surface area contributed by atoms with Crippen molar-refractivity contribution in [3.05, 3.63) is 57.0 Å². The van der Waals surface area contributed by atoms with Gasteiger partial charge in [0.2, 0.25) is 0 Å². The van der Waals surface area contributed by atoms with Crippen LogP contribution in [0.5, 0.6) is 0 Å². The van der Waals surface area contributed by atoms with E-state index < -0.39 is 11.5 Å². The fourth-order valence-electron chi connectivity index (χ4n) is 2.05. The number of aromatic nitrogens is 1. The van der Waals surface area contributed by atoms with Gasteiger partial charge in [-0.2, -0.15) is 5.26 Å². The van der Waals surface area contributed by atoms with E-state index in [4.69, 9.17) is 10.4 Å². The molecule has 0 saturated heterocycles. The summed E-state index contributed by atoms with van der Waals surface area (Å²) in [6, 6.07) is 8.37. The molecule has 0 aliphatic rings. The minimum atomic E-state index is -1.04. The minimum Gasteiger partial charge on any atom is -0.478 e. The average Bonchev–Trinajstić information content (AvgIpc) is 2.38. The van der Waals surface area contributed by atoms with E-state index in [2.05, 4.69) is 4.98 Å². The first kappa shape index (κ1) is 13.6. The Morgan fingerprint density at radius 2 is 2.00 bits per heavy atom. The second kappa shape index (κ2) is 5.02. The molecule has 2 N–H and O–H groups in total. The molecule has 0 aliphatic heterocycles. The second-order valence-corrected chi connectivity index (χ2v) is 4.52. The van der Waals surface area contributed by atoms with Crippen molar-refractivity contribution < 1.29 is 9.90 Å². The van der Waals surface area contributed by atoms with Crippen LogP contribution in [0.4, 0.5) is 0 Å². The van der Waals surface area contributed by atoms with Crippen LogP contribution < -0.4 is 5.56 Å². The second-order valence-electron chi connectivity index (χ2n) is 4.52. The summed E-state index contributed by atoms with van der Waals surface area (Å²) >= 11 is 0. The van der Waals surface area contributed by atoms with Gasteiger partial charge in [0.25, 0.3) is 5.56 Å². The number of carboxylic acid groups (broad SMARTS) is 1. The molecular weight excluding hydrogens is 256 g/mol. The summed E-state index contributed by atoms with van der Waals surface area (Å²) in [4.78, 5) is 25.5. The Balaban J connectivity index is 2.76. The van der Waals surface area contributed by atoms with E-state index in [-0.39, 0.29) is 11.1 Å². The zero-order chi connectivity index (χ0) is 14.9. The van der Waals surface area contributed by atoms with Crippen molar-refractivity contribution in [2.45, 2.75) is 13.8 Å². The van der Waals surface area contributed by atoms with Crippen LogP contribution in [0.1, 0.15) is 27.2 Å². The number of aromatic amines is 1. The van der Waals surface area contributed by atoms with Gasteiger partial charge >= 0.3 is 5.97 Å². The van der Waals surface area contributed by atoms with Gasteiger partial charge in [-0.15, -0.1) is 0 Å². The van der Waals surface area contributed by atoms with Crippen molar-refractivity contribution in [1.29, 1.82) is 5.26 Å². The summed E-state index contributed by atoms with van der Waals surface area (Å²) in [5, 5.41) is 18.2. The molecule has 5 heteroatoms. The predicted molar refractivity (Wildman–Crippen MR) is 73.6 cm³/mol. The first-order valence-corrected chi connectivity index (χ1v) is 5.92. The molecule has 5 nitrogen and oxygen atoms in total. The molecule has 0 bridgehead atoms. The highest BCUT2D eigenvalue weighted by Gasteiger charge is 2.13. The molecule has 2 aromatic rings. The molecule has 0 saturated carbocycles. The topological polar surface area (TPSA) is 93.9 Å². The summed E-state index contributed by atoms with van der Waals surface area (Å²) < 4.78 is 0. The number of benzene rings is 1. The first-order chi connectivity index (χ1) is 9.43. The zero-order valence-corrected chi connectivity index (χ0v) is 11.0. The number of hydrogen-bond donors (Lipinski definition) is 2. The summed E-state index contributed by atoms with van der Waals surface area (Å²) in [6.45, 7) is 3.40. The normalized spacial score (nSPS) is 10.1. The van der Waals surface area contributed by atoms with E-state index >= 15 is 0 Å². The largest absolute Gasteiger partial charge is 0.478 e. The Morgan fingerprint density at radius 3 is 2.60 bits per heavy atom. The number of nitrogens with zero attached hydrogens (tertiary/aromatic N) is 1. The van der Waals surface area contributed by atoms with Crippen LogP contribution in [-0.2, 0) is 0 Å². The van der Waals surface area contributed by atoms with Crippen LogP contribution in [0, 0.1) is 25.2 Å². The van der Waals surface area contributed by atoms with Crippen LogP contribution in [0.2, 0.25) is 0 Å². The molecule has 2 rings (SSSR count). The fourth-order valence-corrected chi connectivity index (χ4v) is 2.05. The number of H-pyrrole nitrogens is 1. The monoisotopic (exact) mass is 268 g/mol. The lowest BCUT2D eigenvalue weighted by atomic mass is 9.97. The number of carbonyl (C=O) groups is 1. The molecule has 1 heterocycles. The Bertz CT molecular complexity index is 798. The number of nitriles is 1. The molecule has 0 aliphatic carbocycles. The minimum absolute atomic E-state index is 0.0178. The molecule has 1 aromatic heterocycles. The molecule has 0 spiro atoms. The van der Waals surface area contributed by atoms with E-state index in [1.54, 1.807) is 32.0 Å². The quantitative estimate of drug-likeness (QED) is 0.873. The van der Waals surface area contributed by atoms with Gasteiger partial charge in [-0.1, -0.05) is 12.1 Å². The maximum absolute atomic E-state index is 11.8. The highest BCUT2D eigenvalue weighted by atomic mass is 16.4. The molecule has 0 amide bonds. The van der Waals surface area contributed by atoms with Crippen molar-refractivity contribution in [2.24, 2.45) is 0 Å². The number of nitrogens with one attached hydrogen (secondary N) is 1. The third-order valence-corrected chi connectivity index (χ3v) is 3.06. The number of rotatable bonds is 2. The third-order valence-electron chi connectivity index (χ3n) is 3.06. The van der Waals surface area contributed by atoms with Crippen LogP contribution in [0.25, 0.3) is 11.1 Å². The number of aromatic carboxylic acids is 1. The number of aryl methyl sites for hydroxylation is 2. The maximum atomic E-state index is 11.8. The predicted octanol–water partition coefficient (Wildman–Crippen LogP) is 2.23. The van der Waals surface area contributed by atoms with E-state index in [1.165, 1.54) is 6.07 Å². The standard InChI is InChI=1S/C15H12N2O3/c1-8-3-4-10(6-11(8)15(19)20)12-5-9(2)17-14(18)13(12)7-16/h3-6H,1-2H3,(H,17,18)(H,19,20). The van der Waals surface area contributed by atoms with Gasteiger partial charge in [0.15, 0.2) is 0 Å². The van der Waals surface area contributed by atoms with E-state index in [0.717, 1.165) is 0 Å². The lowest BCUT2D eigenvalue weighted by molar-refractivity contribution is 0.0696. The number of pyridine rings is 1. The zero-order valence-electron chi connectivity index (χ0n) is 11.0. The molecule has 0 radical (unpaired) electrons. The SMILES string of the molecule is Cc1cc(-c2ccc(C)c(C(=O)O)c2)c(C#N)c(=O)[nH]1. The molecular formula is C15H12N2O3. The van der Waals surface area contributed by atoms with Gasteiger partial charge < -0.3 is 10.1 Å². The van der Waals surface area contributed by atoms with Crippen LogP contribution in [0.15, 0.2) is 29.1 Å². The molecule has 1 aromatic carbocycles. The Labute approximate surface area is 115 Å². The van der Waals surface area contributed by atoms with Crippen LogP contribution >= 0.6 is 0 Å².